The van der Waals surface area contributed by atoms with E-state index in [2.05, 4.69) is 11.6 Å². The van der Waals surface area contributed by atoms with E-state index in [-0.39, 0.29) is 17.7 Å². The van der Waals surface area contributed by atoms with Crippen molar-refractivity contribution >= 4 is 57.4 Å². The van der Waals surface area contributed by atoms with Crippen LogP contribution in [0, 0.1) is 0 Å². The third kappa shape index (κ3) is 2.46. The monoisotopic (exact) mass is 484 g/mol. The van der Waals surface area contributed by atoms with Gasteiger partial charge in [0, 0.05) is 54.7 Å². The van der Waals surface area contributed by atoms with Crippen LogP contribution >= 0.6 is 35.6 Å². The number of anilines is 1. The van der Waals surface area contributed by atoms with Crippen molar-refractivity contribution in [2.75, 3.05) is 32.1 Å². The number of halogens is 1. The molecular weight excluding hydrogens is 464 g/mol. The number of rotatable bonds is 3. The molecule has 2 amide bonds. The fourth-order valence-corrected chi connectivity index (χ4v) is 7.86. The van der Waals surface area contributed by atoms with Gasteiger partial charge < -0.3 is 4.90 Å². The molecule has 2 aromatic rings. The van der Waals surface area contributed by atoms with Crippen molar-refractivity contribution < 1.29 is 9.59 Å². The molecule has 0 unspecified atom stereocenters. The zero-order chi connectivity index (χ0) is 22.8. The van der Waals surface area contributed by atoms with Crippen molar-refractivity contribution in [2.24, 2.45) is 0 Å². The Balaban J connectivity index is 1.85. The molecule has 2 fully saturated rings. The summed E-state index contributed by atoms with van der Waals surface area (Å²) in [6.07, 6.45) is 5.13. The number of amides is 2. The van der Waals surface area contributed by atoms with Crippen molar-refractivity contribution in [3.63, 3.8) is 0 Å². The van der Waals surface area contributed by atoms with Gasteiger partial charge in [0.15, 0.2) is 5.54 Å². The fraction of sp³-hybridized carbons (Fsp3) is 0.304. The van der Waals surface area contributed by atoms with Gasteiger partial charge in [-0.25, -0.2) is 0 Å². The molecule has 4 heterocycles. The van der Waals surface area contributed by atoms with Crippen LogP contribution in [-0.2, 0) is 15.1 Å². The lowest BCUT2D eigenvalue weighted by Gasteiger charge is -2.42. The van der Waals surface area contributed by atoms with Crippen LogP contribution in [0.2, 0.25) is 5.02 Å². The number of thiocarbonyl (C=S) groups is 1. The summed E-state index contributed by atoms with van der Waals surface area (Å²) in [4.78, 5) is 37.9. The number of fused-ring (bicyclic) bond motifs is 3. The van der Waals surface area contributed by atoms with Gasteiger partial charge in [-0.3, -0.25) is 24.4 Å². The van der Waals surface area contributed by atoms with Gasteiger partial charge in [0.05, 0.1) is 0 Å². The first-order chi connectivity index (χ1) is 15.3. The molecule has 3 aliphatic heterocycles. The number of likely N-dealkylation sites (tertiary alicyclic amines) is 1. The first kappa shape index (κ1) is 21.6. The van der Waals surface area contributed by atoms with Crippen molar-refractivity contribution in [1.29, 1.82) is 0 Å². The van der Waals surface area contributed by atoms with Crippen LogP contribution in [0.1, 0.15) is 17.0 Å². The average molecular weight is 485 g/mol. The molecule has 0 bridgehead atoms. The Hall–Kier alpha value is -2.26. The maximum Gasteiger partial charge on any atom is 0.254 e. The van der Waals surface area contributed by atoms with E-state index in [9.17, 15) is 9.59 Å². The Labute approximate surface area is 201 Å². The van der Waals surface area contributed by atoms with E-state index in [1.54, 1.807) is 41.4 Å². The van der Waals surface area contributed by atoms with Crippen LogP contribution in [0.15, 0.2) is 55.4 Å². The van der Waals surface area contributed by atoms with Gasteiger partial charge in [-0.1, -0.05) is 47.7 Å². The van der Waals surface area contributed by atoms with Crippen LogP contribution < -0.4 is 4.90 Å². The Kier molecular flexibility index (Phi) is 4.98. The largest absolute Gasteiger partial charge is 0.313 e. The molecule has 0 saturated carbocycles. The van der Waals surface area contributed by atoms with Crippen molar-refractivity contribution in [1.82, 2.24) is 14.8 Å². The molecule has 32 heavy (non-hydrogen) atoms. The molecule has 3 atom stereocenters. The lowest BCUT2D eigenvalue weighted by atomic mass is 9.72. The highest BCUT2D eigenvalue weighted by Crippen LogP contribution is 2.66. The van der Waals surface area contributed by atoms with Gasteiger partial charge in [-0.2, -0.15) is 0 Å². The van der Waals surface area contributed by atoms with Crippen LogP contribution in [-0.4, -0.2) is 62.9 Å². The normalized spacial score (nSPS) is 29.6. The summed E-state index contributed by atoms with van der Waals surface area (Å²) in [7, 11) is 3.64. The summed E-state index contributed by atoms with van der Waals surface area (Å²) < 4.78 is -0.754. The van der Waals surface area contributed by atoms with E-state index in [1.807, 2.05) is 36.2 Å². The van der Waals surface area contributed by atoms with Gasteiger partial charge in [-0.05, 0) is 36.9 Å². The lowest BCUT2D eigenvalue weighted by Crippen LogP contribution is -2.62. The molecule has 164 valence electrons. The summed E-state index contributed by atoms with van der Waals surface area (Å²) in [5, 5.41) is 0.514. The number of nitrogens with zero attached hydrogens (tertiary/aromatic N) is 4. The quantitative estimate of drug-likeness (QED) is 0.491. The summed E-state index contributed by atoms with van der Waals surface area (Å²) in [6, 6.07) is 9.23. The van der Waals surface area contributed by atoms with Crippen molar-refractivity contribution in [3.05, 3.63) is 71.5 Å². The molecule has 1 aromatic heterocycles. The number of aromatic nitrogens is 1. The maximum absolute atomic E-state index is 14.3. The van der Waals surface area contributed by atoms with E-state index in [0.717, 1.165) is 16.8 Å². The van der Waals surface area contributed by atoms with E-state index in [4.69, 9.17) is 23.8 Å². The van der Waals surface area contributed by atoms with Gasteiger partial charge in [-0.15, -0.1) is 6.58 Å². The second-order valence-electron chi connectivity index (χ2n) is 8.26. The summed E-state index contributed by atoms with van der Waals surface area (Å²) >= 11 is 13.4. The molecule has 0 N–H and O–H groups in total. The highest BCUT2D eigenvalue weighted by molar-refractivity contribution is 8.25. The van der Waals surface area contributed by atoms with Gasteiger partial charge >= 0.3 is 0 Å². The molecule has 0 aliphatic carbocycles. The van der Waals surface area contributed by atoms with Crippen LogP contribution in [0.5, 0.6) is 0 Å². The zero-order valence-corrected chi connectivity index (χ0v) is 20.0. The Morgan fingerprint density at radius 1 is 1.31 bits per heavy atom. The minimum atomic E-state index is -1.26. The Morgan fingerprint density at radius 3 is 2.78 bits per heavy atom. The number of hydrogen-bond donors (Lipinski definition) is 0. The molecule has 2 saturated heterocycles. The molecule has 3 aliphatic rings. The maximum atomic E-state index is 14.3. The highest BCUT2D eigenvalue weighted by atomic mass is 35.5. The molecule has 0 radical (unpaired) electrons. The van der Waals surface area contributed by atoms with Crippen LogP contribution in [0.3, 0.4) is 0 Å². The summed E-state index contributed by atoms with van der Waals surface area (Å²) in [6.45, 7) is 4.56. The number of carbonyl (C=O) groups excluding carboxylic acids is 2. The second kappa shape index (κ2) is 7.38. The van der Waals surface area contributed by atoms with Gasteiger partial charge in [0.25, 0.3) is 5.91 Å². The molecule has 1 aromatic carbocycles. The Bertz CT molecular complexity index is 1180. The molecule has 9 heteroatoms. The molecule has 5 rings (SSSR count). The summed E-state index contributed by atoms with van der Waals surface area (Å²) in [5.41, 5.74) is 1.12. The predicted molar refractivity (Wildman–Crippen MR) is 131 cm³/mol. The summed E-state index contributed by atoms with van der Waals surface area (Å²) in [5.74, 6) is -0.651. The number of benzene rings is 1. The highest BCUT2D eigenvalue weighted by Gasteiger charge is 2.78. The van der Waals surface area contributed by atoms with Crippen LogP contribution in [0.25, 0.3) is 0 Å². The van der Waals surface area contributed by atoms with E-state index < -0.39 is 10.3 Å². The number of thioether (sulfide) groups is 1. The van der Waals surface area contributed by atoms with Crippen molar-refractivity contribution in [3.8, 4) is 0 Å². The SMILES string of the molecule is C=CCN1C(=O)[C@]2(SC1=S)[C@@H](c1cccnc1)CN(C)[C@@]21C(=O)N(C)c2ccc(Cl)cc21. The molecular formula is C23H21ClN4O2S2. The van der Waals surface area contributed by atoms with Crippen molar-refractivity contribution in [2.45, 2.75) is 16.2 Å². The van der Waals surface area contributed by atoms with Gasteiger partial charge in [0.2, 0.25) is 5.91 Å². The third-order valence-corrected chi connectivity index (χ3v) is 8.99. The van der Waals surface area contributed by atoms with E-state index in [0.29, 0.717) is 22.4 Å². The predicted octanol–water partition coefficient (Wildman–Crippen LogP) is 3.42. The van der Waals surface area contributed by atoms with Gasteiger partial charge in [0.1, 0.15) is 9.07 Å². The number of hydrogen-bond acceptors (Lipinski definition) is 6. The van der Waals surface area contributed by atoms with E-state index >= 15 is 0 Å². The number of carbonyl (C=O) groups is 2. The fourth-order valence-electron chi connectivity index (χ4n) is 5.54. The lowest BCUT2D eigenvalue weighted by molar-refractivity contribution is -0.138. The number of pyridine rings is 1. The first-order valence-corrected chi connectivity index (χ1v) is 11.8. The topological polar surface area (TPSA) is 56.8 Å². The first-order valence-electron chi connectivity index (χ1n) is 10.2. The third-order valence-electron chi connectivity index (χ3n) is 6.81. The molecule has 6 nitrogen and oxygen atoms in total. The molecule has 2 spiro atoms. The average Bonchev–Trinajstić information content (AvgIpc) is 3.28. The standard InChI is InChI=1S/C23H21ClN4O2S2/c1-4-10-28-20(30)23(32-21(28)31)17(14-6-5-9-25-12-14)13-26(2)22(23)16-11-15(24)7-8-18(16)27(3)19(22)29/h4-9,11-12,17H,1,10,13H2,2-3H3/t17-,22+,23-/m1/s1. The minimum Gasteiger partial charge on any atom is -0.313 e. The van der Waals surface area contributed by atoms with E-state index in [1.165, 1.54) is 11.8 Å². The smallest absolute Gasteiger partial charge is 0.254 e. The second-order valence-corrected chi connectivity index (χ2v) is 10.6. The van der Waals surface area contributed by atoms with Crippen LogP contribution in [0.4, 0.5) is 5.69 Å². The Morgan fingerprint density at radius 2 is 2.09 bits per heavy atom. The zero-order valence-electron chi connectivity index (χ0n) is 17.6. The minimum absolute atomic E-state index is 0.159. The number of likely N-dealkylation sites (N-methyl/N-ethyl adjacent to an activating group) is 2.